The van der Waals surface area contributed by atoms with Crippen molar-refractivity contribution >= 4 is 22.7 Å². The van der Waals surface area contributed by atoms with Crippen LogP contribution in [0.2, 0.25) is 0 Å². The molecular weight excluding hydrogens is 282 g/mol. The predicted octanol–water partition coefficient (Wildman–Crippen LogP) is 5.33. The lowest BCUT2D eigenvalue weighted by atomic mass is 10.1. The molecule has 102 valence electrons. The summed E-state index contributed by atoms with van der Waals surface area (Å²) in [6.45, 7) is 3.15. The average molecular weight is 299 g/mol. The highest BCUT2D eigenvalue weighted by Crippen LogP contribution is 2.26. The van der Waals surface area contributed by atoms with Gasteiger partial charge in [0.2, 0.25) is 0 Å². The lowest BCUT2D eigenvalue weighted by Crippen LogP contribution is -2.16. The van der Waals surface area contributed by atoms with Crippen LogP contribution in [0.15, 0.2) is 59.3 Å². The van der Waals surface area contributed by atoms with E-state index in [-0.39, 0.29) is 0 Å². The van der Waals surface area contributed by atoms with Crippen LogP contribution in [0.5, 0.6) is 0 Å². The molecule has 1 N–H and O–H groups in total. The zero-order valence-corrected chi connectivity index (χ0v) is 13.0. The van der Waals surface area contributed by atoms with E-state index < -0.39 is 0 Å². The molecule has 3 heteroatoms. The van der Waals surface area contributed by atoms with Gasteiger partial charge in [0.25, 0.3) is 0 Å². The van der Waals surface area contributed by atoms with Crippen LogP contribution < -0.4 is 5.32 Å². The molecule has 0 saturated heterocycles. The minimum atomic E-state index is 0.414. The van der Waals surface area contributed by atoms with Gasteiger partial charge < -0.3 is 5.32 Å². The first kappa shape index (κ1) is 13.6. The standard InChI is InChI=1S/C17H17NS2/c1-13(17-8-5-9-19-17)18-11-16-10-15(12-20-16)14-6-3-2-4-7-14/h2-10,12-13,18H,11H2,1H3/t13-/m0/s1. The molecule has 0 radical (unpaired) electrons. The van der Waals surface area contributed by atoms with Crippen LogP contribution in [-0.2, 0) is 6.54 Å². The Morgan fingerprint density at radius 2 is 1.85 bits per heavy atom. The van der Waals surface area contributed by atoms with Crippen molar-refractivity contribution in [2.45, 2.75) is 19.5 Å². The summed E-state index contributed by atoms with van der Waals surface area (Å²) in [5.41, 5.74) is 2.61. The van der Waals surface area contributed by atoms with Crippen molar-refractivity contribution < 1.29 is 0 Å². The third-order valence-corrected chi connectivity index (χ3v) is 5.31. The van der Waals surface area contributed by atoms with Crippen LogP contribution in [0.3, 0.4) is 0 Å². The van der Waals surface area contributed by atoms with Gasteiger partial charge in [0.1, 0.15) is 0 Å². The fourth-order valence-corrected chi connectivity index (χ4v) is 3.75. The number of nitrogens with one attached hydrogen (secondary N) is 1. The second-order valence-electron chi connectivity index (χ2n) is 4.79. The lowest BCUT2D eigenvalue weighted by molar-refractivity contribution is 0.587. The molecule has 0 aliphatic heterocycles. The maximum atomic E-state index is 3.59. The van der Waals surface area contributed by atoms with Gasteiger partial charge in [-0.1, -0.05) is 36.4 Å². The van der Waals surface area contributed by atoms with Gasteiger partial charge in [-0.15, -0.1) is 22.7 Å². The number of hydrogen-bond donors (Lipinski definition) is 1. The molecule has 2 aromatic heterocycles. The van der Waals surface area contributed by atoms with Crippen molar-refractivity contribution in [3.63, 3.8) is 0 Å². The summed E-state index contributed by atoms with van der Waals surface area (Å²) in [7, 11) is 0. The molecule has 0 spiro atoms. The van der Waals surface area contributed by atoms with E-state index in [2.05, 4.69) is 71.5 Å². The molecule has 0 aliphatic carbocycles. The lowest BCUT2D eigenvalue weighted by Gasteiger charge is -2.10. The molecule has 1 aromatic carbocycles. The molecule has 3 rings (SSSR count). The minimum absolute atomic E-state index is 0.414. The van der Waals surface area contributed by atoms with Crippen LogP contribution in [-0.4, -0.2) is 0 Å². The Labute approximate surface area is 127 Å². The quantitative estimate of drug-likeness (QED) is 0.671. The highest BCUT2D eigenvalue weighted by Gasteiger charge is 2.07. The van der Waals surface area contributed by atoms with E-state index in [0.717, 1.165) is 6.54 Å². The summed E-state index contributed by atoms with van der Waals surface area (Å²) < 4.78 is 0. The van der Waals surface area contributed by atoms with E-state index in [1.807, 2.05) is 22.7 Å². The van der Waals surface area contributed by atoms with Crippen molar-refractivity contribution in [3.8, 4) is 11.1 Å². The van der Waals surface area contributed by atoms with Crippen LogP contribution in [0.4, 0.5) is 0 Å². The second-order valence-corrected chi connectivity index (χ2v) is 6.76. The van der Waals surface area contributed by atoms with Crippen LogP contribution >= 0.6 is 22.7 Å². The third-order valence-electron chi connectivity index (χ3n) is 3.31. The van der Waals surface area contributed by atoms with Gasteiger partial charge >= 0.3 is 0 Å². The molecule has 0 amide bonds. The Hall–Kier alpha value is -1.42. The smallest absolute Gasteiger partial charge is 0.0389 e. The van der Waals surface area contributed by atoms with Crippen molar-refractivity contribution in [2.75, 3.05) is 0 Å². The molecule has 0 fully saturated rings. The first-order chi connectivity index (χ1) is 9.83. The first-order valence-corrected chi connectivity index (χ1v) is 8.48. The molecule has 20 heavy (non-hydrogen) atoms. The summed E-state index contributed by atoms with van der Waals surface area (Å²) in [6, 6.07) is 17.5. The molecule has 0 unspecified atom stereocenters. The van der Waals surface area contributed by atoms with Gasteiger partial charge in [-0.2, -0.15) is 0 Å². The zero-order valence-electron chi connectivity index (χ0n) is 11.4. The number of benzene rings is 1. The monoisotopic (exact) mass is 299 g/mol. The van der Waals surface area contributed by atoms with Crippen molar-refractivity contribution in [2.24, 2.45) is 0 Å². The van der Waals surface area contributed by atoms with E-state index in [1.165, 1.54) is 20.9 Å². The van der Waals surface area contributed by atoms with Gasteiger partial charge in [0.05, 0.1) is 0 Å². The SMILES string of the molecule is C[C@H](NCc1cc(-c2ccccc2)cs1)c1cccs1. The Morgan fingerprint density at radius 1 is 1.00 bits per heavy atom. The Bertz CT molecular complexity index is 641. The van der Waals surface area contributed by atoms with Crippen LogP contribution in [0.1, 0.15) is 22.7 Å². The Morgan fingerprint density at radius 3 is 2.60 bits per heavy atom. The van der Waals surface area contributed by atoms with Crippen molar-refractivity contribution in [3.05, 3.63) is 69.0 Å². The first-order valence-electron chi connectivity index (χ1n) is 6.72. The normalized spacial score (nSPS) is 12.4. The predicted molar refractivity (Wildman–Crippen MR) is 89.3 cm³/mol. The van der Waals surface area contributed by atoms with Crippen molar-refractivity contribution in [1.29, 1.82) is 0 Å². The summed E-state index contributed by atoms with van der Waals surface area (Å²) in [5, 5.41) is 7.96. The molecule has 0 saturated carbocycles. The van der Waals surface area contributed by atoms with Crippen molar-refractivity contribution in [1.82, 2.24) is 5.32 Å². The van der Waals surface area contributed by atoms with Gasteiger partial charge in [-0.05, 0) is 40.9 Å². The summed E-state index contributed by atoms with van der Waals surface area (Å²) in [5.74, 6) is 0. The molecular formula is C17H17NS2. The maximum Gasteiger partial charge on any atom is 0.0389 e. The van der Waals surface area contributed by atoms with E-state index >= 15 is 0 Å². The topological polar surface area (TPSA) is 12.0 Å². The van der Waals surface area contributed by atoms with Gasteiger partial charge in [0, 0.05) is 22.3 Å². The fourth-order valence-electron chi connectivity index (χ4n) is 2.15. The summed E-state index contributed by atoms with van der Waals surface area (Å²) >= 11 is 3.63. The van der Waals surface area contributed by atoms with Crippen LogP contribution in [0.25, 0.3) is 11.1 Å². The summed E-state index contributed by atoms with van der Waals surface area (Å²) in [6.07, 6.45) is 0. The number of thiophene rings is 2. The Kier molecular flexibility index (Phi) is 4.31. The highest BCUT2D eigenvalue weighted by molar-refractivity contribution is 7.10. The Balaban J connectivity index is 1.63. The van der Waals surface area contributed by atoms with Gasteiger partial charge in [0.15, 0.2) is 0 Å². The molecule has 3 aromatic rings. The third kappa shape index (κ3) is 3.18. The van der Waals surface area contributed by atoms with Gasteiger partial charge in [-0.25, -0.2) is 0 Å². The molecule has 2 heterocycles. The van der Waals surface area contributed by atoms with Crippen LogP contribution in [0, 0.1) is 0 Å². The van der Waals surface area contributed by atoms with E-state index in [1.54, 1.807) is 0 Å². The van der Waals surface area contributed by atoms with E-state index in [9.17, 15) is 0 Å². The molecule has 1 nitrogen and oxygen atoms in total. The van der Waals surface area contributed by atoms with E-state index in [4.69, 9.17) is 0 Å². The minimum Gasteiger partial charge on any atom is -0.305 e. The molecule has 0 bridgehead atoms. The second kappa shape index (κ2) is 6.35. The number of hydrogen-bond acceptors (Lipinski definition) is 3. The summed E-state index contributed by atoms with van der Waals surface area (Å²) in [4.78, 5) is 2.78. The number of rotatable bonds is 5. The fraction of sp³-hybridized carbons (Fsp3) is 0.176. The largest absolute Gasteiger partial charge is 0.305 e. The molecule has 0 aliphatic rings. The maximum absolute atomic E-state index is 3.59. The highest BCUT2D eigenvalue weighted by atomic mass is 32.1. The molecule has 1 atom stereocenters. The van der Waals surface area contributed by atoms with E-state index in [0.29, 0.717) is 6.04 Å². The zero-order chi connectivity index (χ0) is 13.8. The van der Waals surface area contributed by atoms with Gasteiger partial charge in [-0.3, -0.25) is 0 Å². The average Bonchev–Trinajstić information content (AvgIpc) is 3.17.